The standard InChI is InChI=1S/C12H24N2O/c1-3-4-11(13)8-12(15)14-9(2)7-10-5-6-10/h9-11H,3-8,13H2,1-2H3,(H,14,15). The Bertz CT molecular complexity index is 202. The normalized spacial score (nSPS) is 19.7. The lowest BCUT2D eigenvalue weighted by molar-refractivity contribution is -0.122. The lowest BCUT2D eigenvalue weighted by atomic mass is 10.1. The van der Waals surface area contributed by atoms with E-state index in [4.69, 9.17) is 5.73 Å². The lowest BCUT2D eigenvalue weighted by Crippen LogP contribution is -2.37. The van der Waals surface area contributed by atoms with E-state index in [9.17, 15) is 4.79 Å². The molecule has 3 nitrogen and oxygen atoms in total. The molecule has 0 heterocycles. The average molecular weight is 212 g/mol. The highest BCUT2D eigenvalue weighted by Crippen LogP contribution is 2.33. The predicted molar refractivity (Wildman–Crippen MR) is 62.4 cm³/mol. The molecule has 88 valence electrons. The summed E-state index contributed by atoms with van der Waals surface area (Å²) in [6.45, 7) is 4.18. The van der Waals surface area contributed by atoms with Gasteiger partial charge in [-0.15, -0.1) is 0 Å². The Hall–Kier alpha value is -0.570. The Labute approximate surface area is 92.8 Å². The first-order valence-corrected chi connectivity index (χ1v) is 6.16. The second-order valence-corrected chi connectivity index (χ2v) is 4.90. The van der Waals surface area contributed by atoms with E-state index in [0.29, 0.717) is 12.5 Å². The van der Waals surface area contributed by atoms with Gasteiger partial charge in [-0.05, 0) is 25.7 Å². The van der Waals surface area contributed by atoms with Gasteiger partial charge in [0.25, 0.3) is 0 Å². The Kier molecular flexibility index (Phi) is 5.09. The molecule has 2 atom stereocenters. The van der Waals surface area contributed by atoms with Gasteiger partial charge in [0, 0.05) is 18.5 Å². The van der Waals surface area contributed by atoms with Crippen molar-refractivity contribution < 1.29 is 4.79 Å². The highest BCUT2D eigenvalue weighted by atomic mass is 16.1. The van der Waals surface area contributed by atoms with Crippen molar-refractivity contribution in [3.8, 4) is 0 Å². The van der Waals surface area contributed by atoms with Gasteiger partial charge in [0.2, 0.25) is 5.91 Å². The van der Waals surface area contributed by atoms with E-state index in [1.165, 1.54) is 12.8 Å². The molecular weight excluding hydrogens is 188 g/mol. The number of carbonyl (C=O) groups is 1. The number of nitrogens with one attached hydrogen (secondary N) is 1. The second kappa shape index (κ2) is 6.11. The van der Waals surface area contributed by atoms with Crippen LogP contribution >= 0.6 is 0 Å². The summed E-state index contributed by atoms with van der Waals surface area (Å²) in [6, 6.07) is 0.349. The molecule has 2 unspecified atom stereocenters. The van der Waals surface area contributed by atoms with E-state index in [1.807, 2.05) is 0 Å². The molecule has 0 saturated heterocycles. The van der Waals surface area contributed by atoms with E-state index in [2.05, 4.69) is 19.2 Å². The summed E-state index contributed by atoms with van der Waals surface area (Å²) in [4.78, 5) is 11.5. The van der Waals surface area contributed by atoms with E-state index in [1.54, 1.807) is 0 Å². The molecule has 15 heavy (non-hydrogen) atoms. The third-order valence-electron chi connectivity index (χ3n) is 2.90. The third-order valence-corrected chi connectivity index (χ3v) is 2.90. The van der Waals surface area contributed by atoms with Crippen molar-refractivity contribution in [2.24, 2.45) is 11.7 Å². The van der Waals surface area contributed by atoms with Crippen LogP contribution in [0.4, 0.5) is 0 Å². The van der Waals surface area contributed by atoms with Gasteiger partial charge in [-0.1, -0.05) is 26.2 Å². The zero-order chi connectivity index (χ0) is 11.3. The first-order valence-electron chi connectivity index (χ1n) is 6.16. The van der Waals surface area contributed by atoms with E-state index >= 15 is 0 Å². The molecule has 3 N–H and O–H groups in total. The summed E-state index contributed by atoms with van der Waals surface area (Å²) in [7, 11) is 0. The topological polar surface area (TPSA) is 55.1 Å². The number of nitrogens with two attached hydrogens (primary N) is 1. The van der Waals surface area contributed by atoms with Crippen molar-refractivity contribution in [1.29, 1.82) is 0 Å². The Morgan fingerprint density at radius 3 is 2.73 bits per heavy atom. The maximum Gasteiger partial charge on any atom is 0.221 e. The number of rotatable bonds is 7. The summed E-state index contributed by atoms with van der Waals surface area (Å²) in [5, 5.41) is 3.02. The summed E-state index contributed by atoms with van der Waals surface area (Å²) in [5.74, 6) is 0.980. The van der Waals surface area contributed by atoms with Crippen molar-refractivity contribution >= 4 is 5.91 Å². The van der Waals surface area contributed by atoms with Crippen LogP contribution in [-0.4, -0.2) is 18.0 Å². The highest BCUT2D eigenvalue weighted by molar-refractivity contribution is 5.76. The van der Waals surface area contributed by atoms with Gasteiger partial charge in [-0.3, -0.25) is 4.79 Å². The summed E-state index contributed by atoms with van der Waals surface area (Å²) in [5.41, 5.74) is 5.81. The molecule has 1 saturated carbocycles. The Morgan fingerprint density at radius 1 is 1.53 bits per heavy atom. The van der Waals surface area contributed by atoms with Gasteiger partial charge < -0.3 is 11.1 Å². The Balaban J connectivity index is 2.10. The molecule has 1 amide bonds. The maximum atomic E-state index is 11.5. The van der Waals surface area contributed by atoms with Gasteiger partial charge in [0.05, 0.1) is 0 Å². The molecule has 3 heteroatoms. The van der Waals surface area contributed by atoms with Gasteiger partial charge in [0.1, 0.15) is 0 Å². The van der Waals surface area contributed by atoms with E-state index < -0.39 is 0 Å². The minimum absolute atomic E-state index is 0.0307. The van der Waals surface area contributed by atoms with E-state index in [-0.39, 0.29) is 11.9 Å². The molecule has 1 aliphatic rings. The molecule has 0 aromatic rings. The molecular formula is C12H24N2O. The van der Waals surface area contributed by atoms with Gasteiger partial charge >= 0.3 is 0 Å². The minimum Gasteiger partial charge on any atom is -0.354 e. The molecule has 0 radical (unpaired) electrons. The van der Waals surface area contributed by atoms with Crippen molar-refractivity contribution in [2.45, 2.75) is 64.5 Å². The maximum absolute atomic E-state index is 11.5. The number of hydrogen-bond donors (Lipinski definition) is 2. The molecule has 0 bridgehead atoms. The quantitative estimate of drug-likeness (QED) is 0.676. The fourth-order valence-corrected chi connectivity index (χ4v) is 1.96. The van der Waals surface area contributed by atoms with Crippen LogP contribution in [0, 0.1) is 5.92 Å². The fraction of sp³-hybridized carbons (Fsp3) is 0.917. The number of amides is 1. The first-order chi connectivity index (χ1) is 7.11. The second-order valence-electron chi connectivity index (χ2n) is 4.90. The van der Waals surface area contributed by atoms with Crippen LogP contribution in [0.2, 0.25) is 0 Å². The zero-order valence-electron chi connectivity index (χ0n) is 9.96. The first kappa shape index (κ1) is 12.5. The van der Waals surface area contributed by atoms with Crippen LogP contribution in [0.3, 0.4) is 0 Å². The smallest absolute Gasteiger partial charge is 0.221 e. The number of hydrogen-bond acceptors (Lipinski definition) is 2. The molecule has 0 spiro atoms. The zero-order valence-corrected chi connectivity index (χ0v) is 9.96. The molecule has 0 aliphatic heterocycles. The molecule has 1 aliphatic carbocycles. The largest absolute Gasteiger partial charge is 0.354 e. The molecule has 1 rings (SSSR count). The molecule has 0 aromatic carbocycles. The lowest BCUT2D eigenvalue weighted by Gasteiger charge is -2.15. The number of carbonyl (C=O) groups excluding carboxylic acids is 1. The molecule has 0 aromatic heterocycles. The van der Waals surface area contributed by atoms with Crippen LogP contribution in [0.25, 0.3) is 0 Å². The van der Waals surface area contributed by atoms with Crippen molar-refractivity contribution in [2.75, 3.05) is 0 Å². The van der Waals surface area contributed by atoms with Crippen molar-refractivity contribution in [1.82, 2.24) is 5.32 Å². The summed E-state index contributed by atoms with van der Waals surface area (Å²) in [6.07, 6.45) is 6.28. The highest BCUT2D eigenvalue weighted by Gasteiger charge is 2.24. The summed E-state index contributed by atoms with van der Waals surface area (Å²) < 4.78 is 0. The molecule has 1 fully saturated rings. The van der Waals surface area contributed by atoms with Crippen LogP contribution < -0.4 is 11.1 Å². The predicted octanol–water partition coefficient (Wildman–Crippen LogP) is 1.81. The van der Waals surface area contributed by atoms with Crippen LogP contribution in [0.1, 0.15) is 52.4 Å². The minimum atomic E-state index is 0.0307. The third kappa shape index (κ3) is 5.78. The average Bonchev–Trinajstić information content (AvgIpc) is 2.87. The van der Waals surface area contributed by atoms with Gasteiger partial charge in [0.15, 0.2) is 0 Å². The SMILES string of the molecule is CCCC(N)CC(=O)NC(C)CC1CC1. The van der Waals surface area contributed by atoms with Crippen LogP contribution in [0.15, 0.2) is 0 Å². The van der Waals surface area contributed by atoms with Crippen molar-refractivity contribution in [3.05, 3.63) is 0 Å². The fourth-order valence-electron chi connectivity index (χ4n) is 1.96. The Morgan fingerprint density at radius 2 is 2.20 bits per heavy atom. The van der Waals surface area contributed by atoms with Crippen LogP contribution in [0.5, 0.6) is 0 Å². The van der Waals surface area contributed by atoms with Gasteiger partial charge in [-0.25, -0.2) is 0 Å². The van der Waals surface area contributed by atoms with Crippen molar-refractivity contribution in [3.63, 3.8) is 0 Å². The summed E-state index contributed by atoms with van der Waals surface area (Å²) >= 11 is 0. The monoisotopic (exact) mass is 212 g/mol. The van der Waals surface area contributed by atoms with Crippen LogP contribution in [-0.2, 0) is 4.79 Å². The van der Waals surface area contributed by atoms with E-state index in [0.717, 1.165) is 25.2 Å². The van der Waals surface area contributed by atoms with Gasteiger partial charge in [-0.2, -0.15) is 0 Å².